The van der Waals surface area contributed by atoms with Crippen molar-refractivity contribution in [3.05, 3.63) is 17.0 Å². The summed E-state index contributed by atoms with van der Waals surface area (Å²) in [5.74, 6) is 0.492. The summed E-state index contributed by atoms with van der Waals surface area (Å²) in [5.41, 5.74) is 1.22. The predicted molar refractivity (Wildman–Crippen MR) is 53.2 cm³/mol. The Kier molecular flexibility index (Phi) is 3.68. The number of nitrogens with one attached hydrogen (secondary N) is 1. The van der Waals surface area contributed by atoms with Crippen LogP contribution >= 0.6 is 0 Å². The highest BCUT2D eigenvalue weighted by atomic mass is 16.5. The van der Waals surface area contributed by atoms with Crippen molar-refractivity contribution in [2.75, 3.05) is 6.54 Å². The van der Waals surface area contributed by atoms with Crippen LogP contribution in [0, 0.1) is 13.8 Å². The fourth-order valence-electron chi connectivity index (χ4n) is 1.27. The first-order chi connectivity index (χ1) is 6.66. The van der Waals surface area contributed by atoms with Gasteiger partial charge in [0.25, 0.3) is 5.91 Å². The Morgan fingerprint density at radius 1 is 1.50 bits per heavy atom. The number of rotatable bonds is 4. The maximum atomic E-state index is 11.6. The van der Waals surface area contributed by atoms with Gasteiger partial charge in [0, 0.05) is 6.54 Å². The van der Waals surface area contributed by atoms with Gasteiger partial charge in [-0.25, -0.2) is 0 Å². The van der Waals surface area contributed by atoms with Crippen LogP contribution in [0.1, 0.15) is 41.6 Å². The highest BCUT2D eigenvalue weighted by molar-refractivity contribution is 5.95. The highest BCUT2D eigenvalue weighted by Gasteiger charge is 2.16. The molecule has 0 bridgehead atoms. The predicted octanol–water partition coefficient (Wildman–Crippen LogP) is 1.82. The molecular formula is C10H16N2O2. The van der Waals surface area contributed by atoms with Gasteiger partial charge in [-0.2, -0.15) is 0 Å². The summed E-state index contributed by atoms with van der Waals surface area (Å²) in [4.78, 5) is 11.6. The highest BCUT2D eigenvalue weighted by Crippen LogP contribution is 2.11. The third kappa shape index (κ3) is 2.34. The summed E-state index contributed by atoms with van der Waals surface area (Å²) in [6, 6.07) is 0. The quantitative estimate of drug-likeness (QED) is 0.747. The lowest BCUT2D eigenvalue weighted by Crippen LogP contribution is -2.25. The number of aryl methyl sites for hydroxylation is 2. The number of carbonyl (C=O) groups excluding carboxylic acids is 1. The van der Waals surface area contributed by atoms with Gasteiger partial charge in [-0.1, -0.05) is 18.5 Å². The first-order valence-corrected chi connectivity index (χ1v) is 4.88. The average Bonchev–Trinajstić information content (AvgIpc) is 2.46. The summed E-state index contributed by atoms with van der Waals surface area (Å²) in [5, 5.41) is 6.56. The van der Waals surface area contributed by atoms with Gasteiger partial charge >= 0.3 is 0 Å². The van der Waals surface area contributed by atoms with Gasteiger partial charge in [0.05, 0.1) is 5.69 Å². The third-order valence-electron chi connectivity index (χ3n) is 2.08. The van der Waals surface area contributed by atoms with Crippen LogP contribution in [0.5, 0.6) is 0 Å². The third-order valence-corrected chi connectivity index (χ3v) is 2.08. The molecular weight excluding hydrogens is 180 g/mol. The Balaban J connectivity index is 2.60. The van der Waals surface area contributed by atoms with Gasteiger partial charge in [0.15, 0.2) is 0 Å². The van der Waals surface area contributed by atoms with Crippen LogP contribution in [-0.2, 0) is 0 Å². The SMILES string of the molecule is CCCCNC(=O)c1c(C)noc1C. The van der Waals surface area contributed by atoms with E-state index in [1.54, 1.807) is 13.8 Å². The van der Waals surface area contributed by atoms with E-state index >= 15 is 0 Å². The van der Waals surface area contributed by atoms with Gasteiger partial charge in [0.2, 0.25) is 0 Å². The molecule has 0 atom stereocenters. The summed E-state index contributed by atoms with van der Waals surface area (Å²) in [7, 11) is 0. The zero-order chi connectivity index (χ0) is 10.6. The van der Waals surface area contributed by atoms with Crippen molar-refractivity contribution in [2.24, 2.45) is 0 Å². The number of hydrogen-bond donors (Lipinski definition) is 1. The first-order valence-electron chi connectivity index (χ1n) is 4.88. The number of carbonyl (C=O) groups is 1. The zero-order valence-corrected chi connectivity index (χ0v) is 8.89. The molecule has 0 saturated carbocycles. The molecule has 0 saturated heterocycles. The van der Waals surface area contributed by atoms with Crippen molar-refractivity contribution in [2.45, 2.75) is 33.6 Å². The van der Waals surface area contributed by atoms with E-state index in [0.29, 0.717) is 23.6 Å². The Hall–Kier alpha value is -1.32. The molecule has 0 aliphatic rings. The number of aromatic nitrogens is 1. The fraction of sp³-hybridized carbons (Fsp3) is 0.600. The second-order valence-electron chi connectivity index (χ2n) is 3.31. The molecule has 78 valence electrons. The molecule has 14 heavy (non-hydrogen) atoms. The molecule has 0 aliphatic heterocycles. The largest absolute Gasteiger partial charge is 0.361 e. The Morgan fingerprint density at radius 2 is 2.21 bits per heavy atom. The molecule has 0 spiro atoms. The summed E-state index contributed by atoms with van der Waals surface area (Å²) < 4.78 is 4.91. The Morgan fingerprint density at radius 3 is 2.71 bits per heavy atom. The molecule has 1 rings (SSSR count). The van der Waals surface area contributed by atoms with Crippen LogP contribution in [0.15, 0.2) is 4.52 Å². The number of unbranched alkanes of at least 4 members (excludes halogenated alkanes) is 1. The van der Waals surface area contributed by atoms with E-state index in [1.807, 2.05) is 0 Å². The molecule has 1 heterocycles. The van der Waals surface area contributed by atoms with Gasteiger partial charge in [0.1, 0.15) is 11.3 Å². The summed E-state index contributed by atoms with van der Waals surface area (Å²) >= 11 is 0. The second-order valence-corrected chi connectivity index (χ2v) is 3.31. The van der Waals surface area contributed by atoms with E-state index in [9.17, 15) is 4.79 Å². The van der Waals surface area contributed by atoms with Crippen LogP contribution < -0.4 is 5.32 Å². The maximum absolute atomic E-state index is 11.6. The molecule has 1 aromatic rings. The lowest BCUT2D eigenvalue weighted by Gasteiger charge is -2.02. The minimum absolute atomic E-state index is 0.0882. The summed E-state index contributed by atoms with van der Waals surface area (Å²) in [6.45, 7) is 6.31. The molecule has 4 heteroatoms. The van der Waals surface area contributed by atoms with Gasteiger partial charge in [-0.3, -0.25) is 4.79 Å². The van der Waals surface area contributed by atoms with Crippen molar-refractivity contribution in [3.63, 3.8) is 0 Å². The molecule has 0 fully saturated rings. The lowest BCUT2D eigenvalue weighted by molar-refractivity contribution is 0.0951. The van der Waals surface area contributed by atoms with Crippen molar-refractivity contribution in [1.82, 2.24) is 10.5 Å². The molecule has 0 unspecified atom stereocenters. The standard InChI is InChI=1S/C10H16N2O2/c1-4-5-6-11-10(13)9-7(2)12-14-8(9)3/h4-6H2,1-3H3,(H,11,13). The van der Waals surface area contributed by atoms with E-state index in [1.165, 1.54) is 0 Å². The van der Waals surface area contributed by atoms with E-state index in [-0.39, 0.29) is 5.91 Å². The molecule has 1 aromatic heterocycles. The van der Waals surface area contributed by atoms with Gasteiger partial charge < -0.3 is 9.84 Å². The van der Waals surface area contributed by atoms with Crippen LogP contribution in [0.25, 0.3) is 0 Å². The Bertz CT molecular complexity index is 298. The van der Waals surface area contributed by atoms with E-state index in [2.05, 4.69) is 17.4 Å². The number of nitrogens with zero attached hydrogens (tertiary/aromatic N) is 1. The van der Waals surface area contributed by atoms with Crippen molar-refractivity contribution in [3.8, 4) is 0 Å². The van der Waals surface area contributed by atoms with Crippen LogP contribution in [0.3, 0.4) is 0 Å². The van der Waals surface area contributed by atoms with Crippen molar-refractivity contribution in [1.29, 1.82) is 0 Å². The van der Waals surface area contributed by atoms with E-state index in [0.717, 1.165) is 12.8 Å². The monoisotopic (exact) mass is 196 g/mol. The fourth-order valence-corrected chi connectivity index (χ4v) is 1.27. The van der Waals surface area contributed by atoms with Crippen LogP contribution in [0.4, 0.5) is 0 Å². The van der Waals surface area contributed by atoms with Gasteiger partial charge in [-0.15, -0.1) is 0 Å². The van der Waals surface area contributed by atoms with Crippen molar-refractivity contribution >= 4 is 5.91 Å². The molecule has 0 aliphatic carbocycles. The number of amides is 1. The molecule has 1 N–H and O–H groups in total. The van der Waals surface area contributed by atoms with E-state index < -0.39 is 0 Å². The normalized spacial score (nSPS) is 10.2. The number of hydrogen-bond acceptors (Lipinski definition) is 3. The minimum Gasteiger partial charge on any atom is -0.361 e. The average molecular weight is 196 g/mol. The topological polar surface area (TPSA) is 55.1 Å². The van der Waals surface area contributed by atoms with Crippen molar-refractivity contribution < 1.29 is 9.32 Å². The first kappa shape index (κ1) is 10.8. The Labute approximate surface area is 83.7 Å². The zero-order valence-electron chi connectivity index (χ0n) is 8.89. The smallest absolute Gasteiger partial charge is 0.256 e. The lowest BCUT2D eigenvalue weighted by atomic mass is 10.2. The van der Waals surface area contributed by atoms with Crippen LogP contribution in [-0.4, -0.2) is 17.6 Å². The summed E-state index contributed by atoms with van der Waals surface area (Å²) in [6.07, 6.45) is 2.07. The van der Waals surface area contributed by atoms with Gasteiger partial charge in [-0.05, 0) is 20.3 Å². The maximum Gasteiger partial charge on any atom is 0.256 e. The second kappa shape index (κ2) is 4.79. The molecule has 0 radical (unpaired) electrons. The molecule has 4 nitrogen and oxygen atoms in total. The van der Waals surface area contributed by atoms with Crippen LogP contribution in [0.2, 0.25) is 0 Å². The molecule has 0 aromatic carbocycles. The van der Waals surface area contributed by atoms with E-state index in [4.69, 9.17) is 4.52 Å². The minimum atomic E-state index is -0.0882. The molecule has 1 amide bonds.